The van der Waals surface area contributed by atoms with Gasteiger partial charge in [-0.1, -0.05) is 91.0 Å². The van der Waals surface area contributed by atoms with Crippen molar-refractivity contribution >= 4 is 66.7 Å². The van der Waals surface area contributed by atoms with Gasteiger partial charge in [-0.3, -0.25) is 4.57 Å². The number of hydrogen-bond acceptors (Lipinski definition) is 5. The lowest BCUT2D eigenvalue weighted by molar-refractivity contribution is 1.10. The molecule has 3 heterocycles. The molecule has 0 bridgehead atoms. The van der Waals surface area contributed by atoms with E-state index in [0.29, 0.717) is 0 Å². The molecule has 9 aromatic rings. The van der Waals surface area contributed by atoms with Crippen molar-refractivity contribution in [2.45, 2.75) is 0 Å². The van der Waals surface area contributed by atoms with Gasteiger partial charge in [0.25, 0.3) is 0 Å². The first-order valence-electron chi connectivity index (χ1n) is 16.7. The largest absolute Gasteiger partial charge is 0.306 e. The molecular weight excluding hydrogens is 631 g/mol. The Kier molecular flexibility index (Phi) is 6.60. The third-order valence-electron chi connectivity index (χ3n) is 9.32. The van der Waals surface area contributed by atoms with Gasteiger partial charge in [-0.15, -0.1) is 11.3 Å². The number of para-hydroxylation sites is 6. The highest BCUT2D eigenvalue weighted by Crippen LogP contribution is 2.54. The van der Waals surface area contributed by atoms with Gasteiger partial charge < -0.3 is 9.80 Å². The lowest BCUT2D eigenvalue weighted by Crippen LogP contribution is -2.23. The predicted octanol–water partition coefficient (Wildman–Crippen LogP) is 12.2. The molecule has 236 valence electrons. The highest BCUT2D eigenvalue weighted by Gasteiger charge is 2.30. The van der Waals surface area contributed by atoms with Gasteiger partial charge in [-0.05, 0) is 84.9 Å². The highest BCUT2D eigenvalue weighted by molar-refractivity contribution is 7.21. The zero-order valence-electron chi connectivity index (χ0n) is 26.9. The summed E-state index contributed by atoms with van der Waals surface area (Å²) in [4.78, 5) is 15.0. The highest BCUT2D eigenvalue weighted by atomic mass is 32.1. The standard InChI is InChI=1S/C44H29N5S/c1-4-14-30(15-5-1)43-45-35-29-42-36(28-41(35)49(43)33-18-8-3-9-19-33)46-44(50-42)31-24-26-34(27-25-31)48-39-22-12-10-20-37(39)47(32-16-6-2-7-17-32)38-21-11-13-23-40(38)48/h1-29H. The number of nitrogens with zero attached hydrogens (tertiary/aromatic N) is 5. The van der Waals surface area contributed by atoms with Gasteiger partial charge in [0.05, 0.1) is 44.0 Å². The number of thiazole rings is 1. The molecule has 50 heavy (non-hydrogen) atoms. The maximum atomic E-state index is 5.16. The van der Waals surface area contributed by atoms with Crippen LogP contribution < -0.4 is 9.80 Å². The SMILES string of the molecule is c1ccc(-c2nc3cc4sc(-c5ccc(N6c7ccccc7N(c7ccccc7)c7ccccc76)cc5)nc4cc3n2-c2ccccc2)cc1. The van der Waals surface area contributed by atoms with Gasteiger partial charge in [0.2, 0.25) is 0 Å². The summed E-state index contributed by atoms with van der Waals surface area (Å²) in [6, 6.07) is 61.8. The smallest absolute Gasteiger partial charge is 0.145 e. The molecule has 2 aromatic heterocycles. The van der Waals surface area contributed by atoms with E-state index >= 15 is 0 Å². The number of imidazole rings is 1. The van der Waals surface area contributed by atoms with Crippen molar-refractivity contribution in [1.29, 1.82) is 0 Å². The normalized spacial score (nSPS) is 12.3. The topological polar surface area (TPSA) is 37.2 Å². The number of aromatic nitrogens is 3. The Morgan fingerprint density at radius 2 is 0.900 bits per heavy atom. The van der Waals surface area contributed by atoms with Crippen LogP contribution in [0.5, 0.6) is 0 Å². The first-order chi connectivity index (χ1) is 24.8. The zero-order chi connectivity index (χ0) is 33.0. The third-order valence-corrected chi connectivity index (χ3v) is 10.4. The summed E-state index contributed by atoms with van der Waals surface area (Å²) in [6.07, 6.45) is 0. The summed E-state index contributed by atoms with van der Waals surface area (Å²) < 4.78 is 3.36. The predicted molar refractivity (Wildman–Crippen MR) is 208 cm³/mol. The maximum absolute atomic E-state index is 5.16. The van der Waals surface area contributed by atoms with Crippen molar-refractivity contribution < 1.29 is 0 Å². The van der Waals surface area contributed by atoms with Gasteiger partial charge in [0.15, 0.2) is 0 Å². The van der Waals surface area contributed by atoms with Gasteiger partial charge in [0.1, 0.15) is 10.8 Å². The van der Waals surface area contributed by atoms with Gasteiger partial charge in [-0.2, -0.15) is 0 Å². The fourth-order valence-electron chi connectivity index (χ4n) is 7.07. The van der Waals surface area contributed by atoms with Crippen LogP contribution in [0.4, 0.5) is 34.1 Å². The molecular formula is C44H29N5S. The molecule has 5 nitrogen and oxygen atoms in total. The number of benzene rings is 7. The summed E-state index contributed by atoms with van der Waals surface area (Å²) in [5, 5.41) is 0.989. The molecule has 0 amide bonds. The fourth-order valence-corrected chi connectivity index (χ4v) is 8.06. The van der Waals surface area contributed by atoms with Crippen LogP contribution in [-0.2, 0) is 0 Å². The van der Waals surface area contributed by atoms with Crippen LogP contribution in [0.2, 0.25) is 0 Å². The Morgan fingerprint density at radius 1 is 0.400 bits per heavy atom. The molecule has 0 aliphatic carbocycles. The number of anilines is 6. The first-order valence-corrected chi connectivity index (χ1v) is 17.5. The van der Waals surface area contributed by atoms with E-state index in [1.807, 2.05) is 12.1 Å². The molecule has 0 saturated heterocycles. The van der Waals surface area contributed by atoms with E-state index in [1.54, 1.807) is 11.3 Å². The van der Waals surface area contributed by atoms with E-state index in [1.165, 1.54) is 0 Å². The van der Waals surface area contributed by atoms with Crippen LogP contribution in [0.1, 0.15) is 0 Å². The van der Waals surface area contributed by atoms with Crippen molar-refractivity contribution in [3.8, 4) is 27.6 Å². The van der Waals surface area contributed by atoms with Crippen LogP contribution in [0.3, 0.4) is 0 Å². The van der Waals surface area contributed by atoms with E-state index in [9.17, 15) is 0 Å². The molecule has 0 spiro atoms. The quantitative estimate of drug-likeness (QED) is 0.184. The molecule has 1 aliphatic rings. The van der Waals surface area contributed by atoms with Crippen molar-refractivity contribution in [3.05, 3.63) is 176 Å². The van der Waals surface area contributed by atoms with Crippen LogP contribution >= 0.6 is 11.3 Å². The average molecular weight is 660 g/mol. The molecule has 0 saturated carbocycles. The zero-order valence-corrected chi connectivity index (χ0v) is 27.7. The molecule has 7 aromatic carbocycles. The Bertz CT molecular complexity index is 2600. The molecule has 6 heteroatoms. The molecule has 10 rings (SSSR count). The van der Waals surface area contributed by atoms with E-state index in [4.69, 9.17) is 9.97 Å². The van der Waals surface area contributed by atoms with E-state index in [2.05, 4.69) is 178 Å². The maximum Gasteiger partial charge on any atom is 0.145 e. The summed E-state index contributed by atoms with van der Waals surface area (Å²) in [5.41, 5.74) is 13.0. The van der Waals surface area contributed by atoms with Crippen LogP contribution in [0.15, 0.2) is 176 Å². The second-order valence-corrected chi connectivity index (χ2v) is 13.4. The summed E-state index contributed by atoms with van der Waals surface area (Å²) in [5.74, 6) is 0.924. The van der Waals surface area contributed by atoms with Crippen LogP contribution in [-0.4, -0.2) is 14.5 Å². The third kappa shape index (κ3) is 4.61. The van der Waals surface area contributed by atoms with E-state index in [0.717, 1.165) is 83.0 Å². The summed E-state index contributed by atoms with van der Waals surface area (Å²) in [6.45, 7) is 0. The van der Waals surface area contributed by atoms with Crippen molar-refractivity contribution in [3.63, 3.8) is 0 Å². The molecule has 0 radical (unpaired) electrons. The molecule has 0 unspecified atom stereocenters. The first kappa shape index (κ1) is 28.5. The van der Waals surface area contributed by atoms with Crippen LogP contribution in [0, 0.1) is 0 Å². The molecule has 0 N–H and O–H groups in total. The van der Waals surface area contributed by atoms with Gasteiger partial charge in [0, 0.05) is 28.2 Å². The molecule has 1 aliphatic heterocycles. The monoisotopic (exact) mass is 659 g/mol. The Balaban J connectivity index is 1.05. The molecule has 0 atom stereocenters. The number of rotatable bonds is 5. The van der Waals surface area contributed by atoms with E-state index in [-0.39, 0.29) is 0 Å². The lowest BCUT2D eigenvalue weighted by Gasteiger charge is -2.40. The minimum absolute atomic E-state index is 0.924. The Labute approximate surface area is 293 Å². The van der Waals surface area contributed by atoms with Gasteiger partial charge >= 0.3 is 0 Å². The van der Waals surface area contributed by atoms with E-state index < -0.39 is 0 Å². The summed E-state index contributed by atoms with van der Waals surface area (Å²) in [7, 11) is 0. The van der Waals surface area contributed by atoms with Gasteiger partial charge in [-0.25, -0.2) is 9.97 Å². The van der Waals surface area contributed by atoms with Crippen molar-refractivity contribution in [1.82, 2.24) is 14.5 Å². The fraction of sp³-hybridized carbons (Fsp3) is 0. The average Bonchev–Trinajstić information content (AvgIpc) is 3.78. The lowest BCUT2D eigenvalue weighted by atomic mass is 10.0. The Hall–Kier alpha value is -6.50. The van der Waals surface area contributed by atoms with Crippen molar-refractivity contribution in [2.24, 2.45) is 0 Å². The minimum Gasteiger partial charge on any atom is -0.306 e. The minimum atomic E-state index is 0.924. The van der Waals surface area contributed by atoms with Crippen LogP contribution in [0.25, 0.3) is 48.9 Å². The molecule has 0 fully saturated rings. The Morgan fingerprint density at radius 3 is 1.48 bits per heavy atom. The van der Waals surface area contributed by atoms with Crippen molar-refractivity contribution in [2.75, 3.05) is 9.80 Å². The number of fused-ring (bicyclic) bond motifs is 4. The summed E-state index contributed by atoms with van der Waals surface area (Å²) >= 11 is 1.71. The second kappa shape index (κ2) is 11.6. The second-order valence-electron chi connectivity index (χ2n) is 12.3. The number of hydrogen-bond donors (Lipinski definition) is 0.